The molecule has 2 unspecified atom stereocenters. The number of unbranched alkanes of at least 4 members (excludes halogenated alkanes) is 18. The number of carbonyl (C=O) groups is 5. The number of amides is 2. The molecule has 0 aliphatic rings. The number of Topliss-reactive ketones (excluding diaryl/α,β-unsaturated/α-hetero) is 1. The van der Waals surface area contributed by atoms with Gasteiger partial charge in [-0.1, -0.05) is 116 Å². The van der Waals surface area contributed by atoms with Crippen molar-refractivity contribution < 1.29 is 56.4 Å². The number of hydrogen-bond donors (Lipinski definition) is 2. The maximum absolute atomic E-state index is 12.7. The maximum Gasteiger partial charge on any atom is 0.306 e. The summed E-state index contributed by atoms with van der Waals surface area (Å²) >= 11 is 0. The number of ether oxygens (including phenoxy) is 2. The van der Waals surface area contributed by atoms with Crippen molar-refractivity contribution in [1.29, 1.82) is 0 Å². The number of carbonyl (C=O) groups excluding carboxylic acids is 5. The summed E-state index contributed by atoms with van der Waals surface area (Å²) in [4.78, 5) is 72.4. The fourth-order valence-corrected chi connectivity index (χ4v) is 6.90. The summed E-state index contributed by atoms with van der Waals surface area (Å²) in [5, 5.41) is 2.54. The molecule has 0 fully saturated rings. The number of phosphoric acid groups is 1. The Labute approximate surface area is 344 Å². The Kier molecular flexibility index (Phi) is 33.0. The minimum absolute atomic E-state index is 0.0703. The molecule has 0 heterocycles. The molecule has 0 rings (SSSR count). The largest absolute Gasteiger partial charge is 0.756 e. The Balaban J connectivity index is 4.45. The SMILES string of the molecule is CCCCCCCCCCCCCCCC(=O)OC[C@H](COP(=O)([O-])OCC[N+](C)(C)C)OC(=O)CCCCCCCC(=O)CCCCCC(NC(C)=O)C(N)=O. The van der Waals surface area contributed by atoms with Crippen molar-refractivity contribution in [2.45, 2.75) is 193 Å². The quantitative estimate of drug-likeness (QED) is 0.0270. The molecule has 3 atom stereocenters. The first-order valence-corrected chi connectivity index (χ1v) is 23.3. The predicted molar refractivity (Wildman–Crippen MR) is 221 cm³/mol. The number of primary amides is 1. The van der Waals surface area contributed by atoms with Gasteiger partial charge >= 0.3 is 11.9 Å². The molecule has 15 heteroatoms. The molecular weight excluding hydrogens is 753 g/mol. The van der Waals surface area contributed by atoms with E-state index in [1.165, 1.54) is 64.7 Å². The molecule has 14 nitrogen and oxygen atoms in total. The fraction of sp³-hybridized carbons (Fsp3) is 0.881. The third-order valence-electron chi connectivity index (χ3n) is 9.65. The van der Waals surface area contributed by atoms with E-state index in [1.807, 2.05) is 21.1 Å². The third kappa shape index (κ3) is 37.6. The van der Waals surface area contributed by atoms with E-state index in [0.29, 0.717) is 56.0 Å². The van der Waals surface area contributed by atoms with Crippen LogP contribution in [0.4, 0.5) is 0 Å². The second-order valence-corrected chi connectivity index (χ2v) is 17.8. The van der Waals surface area contributed by atoms with E-state index in [0.717, 1.165) is 51.4 Å². The van der Waals surface area contributed by atoms with Gasteiger partial charge in [0, 0.05) is 32.6 Å². The Bertz CT molecular complexity index is 1150. The summed E-state index contributed by atoms with van der Waals surface area (Å²) in [6, 6.07) is -0.684. The lowest BCUT2D eigenvalue weighted by atomic mass is 10.0. The summed E-state index contributed by atoms with van der Waals surface area (Å²) in [5.74, 6) is -1.66. The Morgan fingerprint density at radius 3 is 1.58 bits per heavy atom. The fourth-order valence-electron chi connectivity index (χ4n) is 6.17. The lowest BCUT2D eigenvalue weighted by molar-refractivity contribution is -0.870. The molecule has 0 aliphatic heterocycles. The van der Waals surface area contributed by atoms with Gasteiger partial charge in [0.1, 0.15) is 31.6 Å². The Hall–Kier alpha value is -2.38. The molecule has 0 bridgehead atoms. The molecule has 3 N–H and O–H groups in total. The molecule has 0 aromatic heterocycles. The lowest BCUT2D eigenvalue weighted by Crippen LogP contribution is -2.43. The van der Waals surface area contributed by atoms with Gasteiger partial charge in [0.25, 0.3) is 7.82 Å². The van der Waals surface area contributed by atoms with Crippen LogP contribution in [0.3, 0.4) is 0 Å². The summed E-state index contributed by atoms with van der Waals surface area (Å²) in [6.07, 6.45) is 22.1. The van der Waals surface area contributed by atoms with Crippen molar-refractivity contribution in [3.63, 3.8) is 0 Å². The van der Waals surface area contributed by atoms with E-state index in [2.05, 4.69) is 12.2 Å². The molecule has 0 aliphatic carbocycles. The van der Waals surface area contributed by atoms with Gasteiger partial charge < -0.3 is 38.9 Å². The van der Waals surface area contributed by atoms with Crippen molar-refractivity contribution in [3.05, 3.63) is 0 Å². The average molecular weight is 834 g/mol. The number of nitrogens with two attached hydrogens (primary N) is 1. The monoisotopic (exact) mass is 834 g/mol. The highest BCUT2D eigenvalue weighted by atomic mass is 31.2. The average Bonchev–Trinajstić information content (AvgIpc) is 3.12. The van der Waals surface area contributed by atoms with Crippen molar-refractivity contribution in [2.75, 3.05) is 47.5 Å². The molecule has 57 heavy (non-hydrogen) atoms. The van der Waals surface area contributed by atoms with E-state index in [4.69, 9.17) is 24.3 Å². The zero-order valence-electron chi connectivity index (χ0n) is 36.3. The van der Waals surface area contributed by atoms with E-state index >= 15 is 0 Å². The van der Waals surface area contributed by atoms with Crippen LogP contribution in [0.25, 0.3) is 0 Å². The number of hydrogen-bond acceptors (Lipinski definition) is 11. The van der Waals surface area contributed by atoms with Crippen LogP contribution in [-0.2, 0) is 47.1 Å². The Morgan fingerprint density at radius 1 is 0.649 bits per heavy atom. The Morgan fingerprint density at radius 2 is 1.11 bits per heavy atom. The summed E-state index contributed by atoms with van der Waals surface area (Å²) in [6.45, 7) is 3.09. The topological polar surface area (TPSA) is 200 Å². The summed E-state index contributed by atoms with van der Waals surface area (Å²) in [7, 11) is 1.03. The van der Waals surface area contributed by atoms with E-state index in [1.54, 1.807) is 0 Å². The normalized spacial score (nSPS) is 13.7. The molecule has 0 saturated carbocycles. The van der Waals surface area contributed by atoms with Gasteiger partial charge in [-0.15, -0.1) is 0 Å². The second kappa shape index (κ2) is 34.5. The summed E-state index contributed by atoms with van der Waals surface area (Å²) in [5.41, 5.74) is 5.31. The minimum Gasteiger partial charge on any atom is -0.756 e. The number of esters is 2. The number of nitrogens with one attached hydrogen (secondary N) is 1. The van der Waals surface area contributed by atoms with Crippen LogP contribution in [0.5, 0.6) is 0 Å². The molecule has 0 saturated heterocycles. The van der Waals surface area contributed by atoms with E-state index < -0.39 is 44.4 Å². The number of rotatable bonds is 40. The van der Waals surface area contributed by atoms with Crippen LogP contribution in [-0.4, -0.2) is 93.7 Å². The zero-order valence-corrected chi connectivity index (χ0v) is 37.2. The number of quaternary nitrogens is 1. The van der Waals surface area contributed by atoms with Gasteiger partial charge in [0.15, 0.2) is 6.10 Å². The molecular formula is C42H80N3O11P. The van der Waals surface area contributed by atoms with Crippen molar-refractivity contribution in [2.24, 2.45) is 5.73 Å². The standard InChI is InChI=1S/C42H80N3O11P/c1-6-7-8-9-10-11-12-13-14-15-16-19-25-30-40(48)53-34-38(35-55-57(51,52)54-33-32-45(3,4)5)56-41(49)31-26-20-17-18-22-27-37(47)28-23-21-24-29-39(42(43)50)44-36(2)46/h38-39H,6-35H2,1-5H3,(H3-,43,44,46,50,51,52)/t38-,39?/m1/s1. The van der Waals surface area contributed by atoms with Crippen molar-refractivity contribution >= 4 is 37.4 Å². The number of ketones is 1. The lowest BCUT2D eigenvalue weighted by Gasteiger charge is -2.28. The van der Waals surface area contributed by atoms with Gasteiger partial charge in [0.2, 0.25) is 11.8 Å². The molecule has 0 radical (unpaired) electrons. The van der Waals surface area contributed by atoms with Crippen LogP contribution in [0, 0.1) is 0 Å². The molecule has 2 amide bonds. The van der Waals surface area contributed by atoms with Crippen LogP contribution in [0.15, 0.2) is 0 Å². The van der Waals surface area contributed by atoms with Gasteiger partial charge in [0.05, 0.1) is 27.7 Å². The number of phosphoric ester groups is 1. The molecule has 0 aromatic carbocycles. The second-order valence-electron chi connectivity index (χ2n) is 16.4. The van der Waals surface area contributed by atoms with Crippen molar-refractivity contribution in [1.82, 2.24) is 5.32 Å². The van der Waals surface area contributed by atoms with Crippen LogP contribution >= 0.6 is 7.82 Å². The highest BCUT2D eigenvalue weighted by Gasteiger charge is 2.22. The molecule has 0 spiro atoms. The van der Waals surface area contributed by atoms with E-state index in [-0.39, 0.29) is 37.7 Å². The zero-order chi connectivity index (χ0) is 42.8. The van der Waals surface area contributed by atoms with Gasteiger partial charge in [-0.3, -0.25) is 28.5 Å². The first-order chi connectivity index (χ1) is 27.0. The van der Waals surface area contributed by atoms with Crippen LogP contribution < -0.4 is 15.9 Å². The first-order valence-electron chi connectivity index (χ1n) is 21.9. The number of likely N-dealkylation sites (N-methyl/N-ethyl adjacent to an activating group) is 1. The van der Waals surface area contributed by atoms with Gasteiger partial charge in [-0.25, -0.2) is 0 Å². The number of nitrogens with zero attached hydrogens (tertiary/aromatic N) is 1. The summed E-state index contributed by atoms with van der Waals surface area (Å²) < 4.78 is 33.7. The highest BCUT2D eigenvalue weighted by Crippen LogP contribution is 2.38. The van der Waals surface area contributed by atoms with Crippen molar-refractivity contribution in [3.8, 4) is 0 Å². The highest BCUT2D eigenvalue weighted by molar-refractivity contribution is 7.45. The predicted octanol–water partition coefficient (Wildman–Crippen LogP) is 7.37. The first kappa shape index (κ1) is 54.6. The maximum atomic E-state index is 12.7. The minimum atomic E-state index is -4.68. The van der Waals surface area contributed by atoms with Gasteiger partial charge in [-0.05, 0) is 32.1 Å². The smallest absolute Gasteiger partial charge is 0.306 e. The molecule has 0 aromatic rings. The van der Waals surface area contributed by atoms with Gasteiger partial charge in [-0.2, -0.15) is 0 Å². The van der Waals surface area contributed by atoms with Crippen LogP contribution in [0.2, 0.25) is 0 Å². The van der Waals surface area contributed by atoms with Crippen LogP contribution in [0.1, 0.15) is 181 Å². The third-order valence-corrected chi connectivity index (χ3v) is 10.6. The molecule has 334 valence electrons. The van der Waals surface area contributed by atoms with E-state index in [9.17, 15) is 33.4 Å².